The first-order chi connectivity index (χ1) is 21.9. The summed E-state index contributed by atoms with van der Waals surface area (Å²) in [7, 11) is 5.08. The summed E-state index contributed by atoms with van der Waals surface area (Å²) in [6.07, 6.45) is 4.01. The number of nitrogens with zero attached hydrogens (tertiary/aromatic N) is 3. The number of benzene rings is 1. The van der Waals surface area contributed by atoms with Crippen molar-refractivity contribution in [2.45, 2.75) is 104 Å². The number of methoxy groups -OCH3 is 2. The molecule has 1 fully saturated rings. The van der Waals surface area contributed by atoms with E-state index in [0.29, 0.717) is 13.0 Å². The third kappa shape index (κ3) is 9.38. The van der Waals surface area contributed by atoms with Gasteiger partial charge >= 0.3 is 0 Å². The standard InChI is InChI=1S/C36H56N4O5S/c1-10-24(4)32(39(7)36(43)25(5)23(2)3)30(44-8)22-31(41)40-19-14-17-29(40)33(45-9)26(6)34(42)38-28(35-37-18-20-46-35)21-27-15-12-11-13-16-27/h11-13,15-16,18,20,23-26,28-30,32-33H,10,14,17,19,21-22H2,1-9H3,(H,38,42)/t24-,25-,26+,28-,29-,30+,32-,33+/m0/s1. The van der Waals surface area contributed by atoms with Crippen LogP contribution in [0.2, 0.25) is 0 Å². The van der Waals surface area contributed by atoms with E-state index in [4.69, 9.17) is 9.47 Å². The van der Waals surface area contributed by atoms with Gasteiger partial charge in [0.2, 0.25) is 17.7 Å². The van der Waals surface area contributed by atoms with Gasteiger partial charge in [0.1, 0.15) is 5.01 Å². The Labute approximate surface area is 280 Å². The van der Waals surface area contributed by atoms with Crippen LogP contribution in [0.25, 0.3) is 0 Å². The molecule has 0 spiro atoms. The highest BCUT2D eigenvalue weighted by atomic mass is 32.1. The molecule has 0 saturated carbocycles. The molecule has 10 heteroatoms. The minimum atomic E-state index is -0.506. The first-order valence-corrected chi connectivity index (χ1v) is 17.7. The molecule has 1 aromatic heterocycles. The number of carbonyl (C=O) groups excluding carboxylic acids is 3. The van der Waals surface area contributed by atoms with Crippen molar-refractivity contribution in [2.75, 3.05) is 27.8 Å². The average Bonchev–Trinajstić information content (AvgIpc) is 3.77. The smallest absolute Gasteiger partial charge is 0.226 e. The molecular weight excluding hydrogens is 600 g/mol. The maximum atomic E-state index is 14.0. The number of likely N-dealkylation sites (N-methyl/N-ethyl adjacent to an activating group) is 1. The van der Waals surface area contributed by atoms with Crippen molar-refractivity contribution < 1.29 is 23.9 Å². The number of aromatic nitrogens is 1. The zero-order chi connectivity index (χ0) is 34.0. The topological polar surface area (TPSA) is 101 Å². The number of rotatable bonds is 17. The first-order valence-electron chi connectivity index (χ1n) is 16.8. The summed E-state index contributed by atoms with van der Waals surface area (Å²) >= 11 is 1.52. The molecule has 1 N–H and O–H groups in total. The zero-order valence-corrected chi connectivity index (χ0v) is 30.1. The molecule has 1 saturated heterocycles. The highest BCUT2D eigenvalue weighted by Gasteiger charge is 2.42. The third-order valence-corrected chi connectivity index (χ3v) is 10.9. The Kier molecular flexibility index (Phi) is 14.7. The zero-order valence-electron chi connectivity index (χ0n) is 29.3. The number of amides is 3. The Morgan fingerprint density at radius 3 is 2.33 bits per heavy atom. The van der Waals surface area contributed by atoms with Gasteiger partial charge in [0.05, 0.1) is 42.7 Å². The predicted octanol–water partition coefficient (Wildman–Crippen LogP) is 5.76. The fraction of sp³-hybridized carbons (Fsp3) is 0.667. The molecular formula is C36H56N4O5S. The number of thiazole rings is 1. The molecule has 1 aliphatic heterocycles. The van der Waals surface area contributed by atoms with Gasteiger partial charge < -0.3 is 24.6 Å². The van der Waals surface area contributed by atoms with Gasteiger partial charge in [-0.05, 0) is 36.7 Å². The molecule has 1 aromatic carbocycles. The minimum Gasteiger partial charge on any atom is -0.379 e. The van der Waals surface area contributed by atoms with Gasteiger partial charge in [0.15, 0.2) is 0 Å². The van der Waals surface area contributed by atoms with Gasteiger partial charge in [0.25, 0.3) is 0 Å². The predicted molar refractivity (Wildman–Crippen MR) is 183 cm³/mol. The summed E-state index contributed by atoms with van der Waals surface area (Å²) < 4.78 is 12.0. The highest BCUT2D eigenvalue weighted by Crippen LogP contribution is 2.30. The lowest BCUT2D eigenvalue weighted by Crippen LogP contribution is -2.54. The van der Waals surface area contributed by atoms with E-state index in [1.165, 1.54) is 11.3 Å². The number of carbonyl (C=O) groups is 3. The summed E-state index contributed by atoms with van der Waals surface area (Å²) in [5.41, 5.74) is 1.11. The van der Waals surface area contributed by atoms with Crippen molar-refractivity contribution >= 4 is 29.1 Å². The van der Waals surface area contributed by atoms with Crippen LogP contribution >= 0.6 is 11.3 Å². The summed E-state index contributed by atoms with van der Waals surface area (Å²) in [5, 5.41) is 6.00. The average molecular weight is 657 g/mol. The fourth-order valence-corrected chi connectivity index (χ4v) is 7.36. The SMILES string of the molecule is CC[C@H](C)[C@@H]([C@@H](CC(=O)N1CCC[C@H]1[C@H](OC)[C@@H](C)C(=O)N[C@@H](Cc1ccccc1)c1nccs1)OC)N(C)C(=O)[C@@H](C)C(C)C. The lowest BCUT2D eigenvalue weighted by molar-refractivity contribution is -0.147. The number of hydrogen-bond acceptors (Lipinski definition) is 7. The monoisotopic (exact) mass is 656 g/mol. The second kappa shape index (κ2) is 17.9. The third-order valence-electron chi connectivity index (χ3n) is 10.00. The van der Waals surface area contributed by atoms with E-state index in [0.717, 1.165) is 29.8 Å². The molecule has 1 aliphatic rings. The maximum Gasteiger partial charge on any atom is 0.226 e. The van der Waals surface area contributed by atoms with Crippen LogP contribution in [-0.2, 0) is 30.3 Å². The molecule has 2 heterocycles. The van der Waals surface area contributed by atoms with Gasteiger partial charge in [-0.1, -0.05) is 78.3 Å². The molecule has 9 nitrogen and oxygen atoms in total. The van der Waals surface area contributed by atoms with E-state index in [1.807, 2.05) is 61.5 Å². The lowest BCUT2D eigenvalue weighted by Gasteiger charge is -2.40. The van der Waals surface area contributed by atoms with Gasteiger partial charge in [-0.3, -0.25) is 14.4 Å². The van der Waals surface area contributed by atoms with Crippen LogP contribution in [0.5, 0.6) is 0 Å². The molecule has 2 aromatic rings. The number of likely N-dealkylation sites (tertiary alicyclic amines) is 1. The Morgan fingerprint density at radius 1 is 1.07 bits per heavy atom. The number of ether oxygens (including phenoxy) is 2. The Bertz CT molecular complexity index is 1230. The van der Waals surface area contributed by atoms with Crippen LogP contribution in [0.1, 0.15) is 83.8 Å². The van der Waals surface area contributed by atoms with Crippen LogP contribution in [0.3, 0.4) is 0 Å². The fourth-order valence-electron chi connectivity index (χ4n) is 6.67. The second-order valence-corrected chi connectivity index (χ2v) is 14.2. The van der Waals surface area contributed by atoms with Crippen molar-refractivity contribution in [2.24, 2.45) is 23.7 Å². The number of hydrogen-bond donors (Lipinski definition) is 1. The summed E-state index contributed by atoms with van der Waals surface area (Å²) in [4.78, 5) is 49.3. The Morgan fingerprint density at radius 2 is 1.76 bits per heavy atom. The maximum absolute atomic E-state index is 14.0. The van der Waals surface area contributed by atoms with Gasteiger partial charge in [-0.2, -0.15) is 0 Å². The first kappa shape index (κ1) is 37.6. The van der Waals surface area contributed by atoms with Crippen molar-refractivity contribution in [3.63, 3.8) is 0 Å². The van der Waals surface area contributed by atoms with E-state index in [2.05, 4.69) is 38.0 Å². The van der Waals surface area contributed by atoms with Crippen LogP contribution in [-0.4, -0.2) is 84.6 Å². The van der Waals surface area contributed by atoms with Crippen LogP contribution in [0, 0.1) is 23.7 Å². The minimum absolute atomic E-state index is 0.0418. The normalized spacial score (nSPS) is 19.6. The molecule has 0 aliphatic carbocycles. The van der Waals surface area contributed by atoms with Gasteiger partial charge in [-0.15, -0.1) is 11.3 Å². The molecule has 46 heavy (non-hydrogen) atoms. The lowest BCUT2D eigenvalue weighted by atomic mass is 9.88. The summed E-state index contributed by atoms with van der Waals surface area (Å²) in [6.45, 7) is 12.7. The summed E-state index contributed by atoms with van der Waals surface area (Å²) in [5.74, 6) is -0.400. The summed E-state index contributed by atoms with van der Waals surface area (Å²) in [6, 6.07) is 9.30. The van der Waals surface area contributed by atoms with E-state index in [1.54, 1.807) is 25.3 Å². The largest absolute Gasteiger partial charge is 0.379 e. The molecule has 256 valence electrons. The van der Waals surface area contributed by atoms with Gasteiger partial charge in [0, 0.05) is 45.3 Å². The van der Waals surface area contributed by atoms with Crippen molar-refractivity contribution in [3.05, 3.63) is 52.5 Å². The molecule has 3 rings (SSSR count). The van der Waals surface area contributed by atoms with Crippen LogP contribution in [0.4, 0.5) is 0 Å². The van der Waals surface area contributed by atoms with E-state index >= 15 is 0 Å². The molecule has 3 amide bonds. The Hall–Kier alpha value is -2.82. The molecule has 0 radical (unpaired) electrons. The highest BCUT2D eigenvalue weighted by molar-refractivity contribution is 7.09. The number of nitrogens with one attached hydrogen (secondary N) is 1. The molecule has 0 unspecified atom stereocenters. The van der Waals surface area contributed by atoms with E-state index in [9.17, 15) is 14.4 Å². The van der Waals surface area contributed by atoms with E-state index < -0.39 is 18.1 Å². The van der Waals surface area contributed by atoms with Crippen molar-refractivity contribution in [3.8, 4) is 0 Å². The van der Waals surface area contributed by atoms with Crippen molar-refractivity contribution in [1.82, 2.24) is 20.1 Å². The second-order valence-electron chi connectivity index (χ2n) is 13.2. The van der Waals surface area contributed by atoms with Gasteiger partial charge in [-0.25, -0.2) is 4.98 Å². The van der Waals surface area contributed by atoms with E-state index in [-0.39, 0.29) is 60.0 Å². The molecule has 0 bridgehead atoms. The van der Waals surface area contributed by atoms with Crippen molar-refractivity contribution in [1.29, 1.82) is 0 Å². The van der Waals surface area contributed by atoms with Crippen LogP contribution in [0.15, 0.2) is 41.9 Å². The Balaban J connectivity index is 1.75. The van der Waals surface area contributed by atoms with Crippen LogP contribution < -0.4 is 5.32 Å². The molecule has 8 atom stereocenters. The quantitative estimate of drug-likeness (QED) is 0.233.